The van der Waals surface area contributed by atoms with Crippen LogP contribution in [0.2, 0.25) is 0 Å². The van der Waals surface area contributed by atoms with Crippen LogP contribution in [0.3, 0.4) is 0 Å². The van der Waals surface area contributed by atoms with Crippen molar-refractivity contribution in [1.82, 2.24) is 0 Å². The molecule has 0 N–H and O–H groups in total. The Balaban J connectivity index is 3.28. The van der Waals surface area contributed by atoms with Gasteiger partial charge in [-0.1, -0.05) is 19.1 Å². The number of hydrogen-bond acceptors (Lipinski definition) is 3. The van der Waals surface area contributed by atoms with Crippen LogP contribution in [0.1, 0.15) is 13.3 Å². The van der Waals surface area contributed by atoms with Crippen molar-refractivity contribution in [2.75, 3.05) is 6.61 Å². The average molecular weight is 129 g/mol. The molecular weight excluding hydrogens is 120 g/mol. The van der Waals surface area contributed by atoms with E-state index in [1.165, 1.54) is 0 Å². The minimum Gasteiger partial charge on any atom is -0.545 e. The van der Waals surface area contributed by atoms with Gasteiger partial charge in [-0.3, -0.25) is 0 Å². The Labute approximate surface area is 53.9 Å². The zero-order chi connectivity index (χ0) is 7.28. The van der Waals surface area contributed by atoms with Crippen LogP contribution < -0.4 is 5.11 Å². The van der Waals surface area contributed by atoms with Gasteiger partial charge in [0.25, 0.3) is 6.16 Å². The van der Waals surface area contributed by atoms with Crippen LogP contribution in [0, 0.1) is 0 Å². The number of hydrogen-bond donors (Lipinski definition) is 0. The van der Waals surface area contributed by atoms with E-state index < -0.39 is 6.16 Å². The molecule has 0 unspecified atom stereocenters. The van der Waals surface area contributed by atoms with Gasteiger partial charge < -0.3 is 14.6 Å². The maximum Gasteiger partial charge on any atom is 0.252 e. The molecule has 0 aromatic rings. The minimum atomic E-state index is -1.50. The van der Waals surface area contributed by atoms with Gasteiger partial charge in [-0.25, -0.2) is 0 Å². The van der Waals surface area contributed by atoms with Gasteiger partial charge in [0.1, 0.15) is 0 Å². The first-order chi connectivity index (χ1) is 4.16. The lowest BCUT2D eigenvalue weighted by atomic mass is 10.3. The highest BCUT2D eigenvalue weighted by molar-refractivity contribution is 5.54. The summed E-state index contributed by atoms with van der Waals surface area (Å²) in [6.45, 7) is 5.46. The second-order valence-corrected chi connectivity index (χ2v) is 1.64. The summed E-state index contributed by atoms with van der Waals surface area (Å²) in [5, 5.41) is 9.65. The average Bonchev–Trinajstić information content (AvgIpc) is 1.83. The van der Waals surface area contributed by atoms with E-state index in [1.807, 2.05) is 6.92 Å². The van der Waals surface area contributed by atoms with Gasteiger partial charge in [0.2, 0.25) is 0 Å². The fourth-order valence-corrected chi connectivity index (χ4v) is 0.263. The molecule has 0 spiro atoms. The Hall–Kier alpha value is -0.990. The molecule has 0 aromatic heterocycles. The van der Waals surface area contributed by atoms with Crippen LogP contribution in [-0.2, 0) is 4.74 Å². The van der Waals surface area contributed by atoms with Crippen LogP contribution in [0.25, 0.3) is 0 Å². The molecule has 0 rings (SSSR count). The Morgan fingerprint density at radius 1 is 1.78 bits per heavy atom. The monoisotopic (exact) mass is 129 g/mol. The Bertz CT molecular complexity index is 117. The van der Waals surface area contributed by atoms with Crippen LogP contribution in [0.5, 0.6) is 0 Å². The molecule has 0 aliphatic rings. The van der Waals surface area contributed by atoms with Crippen LogP contribution >= 0.6 is 0 Å². The first kappa shape index (κ1) is 8.01. The molecule has 0 aliphatic carbocycles. The Morgan fingerprint density at radius 3 is 2.67 bits per heavy atom. The second kappa shape index (κ2) is 3.95. The van der Waals surface area contributed by atoms with Crippen molar-refractivity contribution >= 4 is 6.16 Å². The smallest absolute Gasteiger partial charge is 0.252 e. The number of carboxylic acid groups (broad SMARTS) is 1. The standard InChI is InChI=1S/C6H10O3/c1-3-5(2)4-9-6(7)8/h2-4H2,1H3,(H,7,8)/p-1. The Kier molecular flexibility index (Phi) is 3.51. The van der Waals surface area contributed by atoms with E-state index in [0.29, 0.717) is 0 Å². The summed E-state index contributed by atoms with van der Waals surface area (Å²) in [5.41, 5.74) is 0.749. The van der Waals surface area contributed by atoms with Gasteiger partial charge in [-0.05, 0) is 6.42 Å². The molecule has 3 nitrogen and oxygen atoms in total. The highest BCUT2D eigenvalue weighted by Gasteiger charge is 1.86. The third-order valence-electron chi connectivity index (χ3n) is 0.894. The predicted octanol–water partition coefficient (Wildman–Crippen LogP) is 0.312. The van der Waals surface area contributed by atoms with Crippen molar-refractivity contribution in [3.63, 3.8) is 0 Å². The van der Waals surface area contributed by atoms with Crippen molar-refractivity contribution in [2.45, 2.75) is 13.3 Å². The lowest BCUT2D eigenvalue weighted by Crippen LogP contribution is -2.24. The quantitative estimate of drug-likeness (QED) is 0.407. The minimum absolute atomic E-state index is 0.0544. The molecule has 0 aliphatic heterocycles. The molecule has 9 heavy (non-hydrogen) atoms. The lowest BCUT2D eigenvalue weighted by Gasteiger charge is -2.07. The summed E-state index contributed by atoms with van der Waals surface area (Å²) in [4.78, 5) is 9.65. The van der Waals surface area contributed by atoms with E-state index in [-0.39, 0.29) is 6.61 Å². The zero-order valence-corrected chi connectivity index (χ0v) is 5.35. The van der Waals surface area contributed by atoms with Crippen molar-refractivity contribution in [3.05, 3.63) is 12.2 Å². The summed E-state index contributed by atoms with van der Waals surface area (Å²) < 4.78 is 4.10. The molecule has 0 atom stereocenters. The number of rotatable bonds is 3. The fraction of sp³-hybridized carbons (Fsp3) is 0.500. The molecule has 0 radical (unpaired) electrons. The first-order valence-electron chi connectivity index (χ1n) is 2.67. The van der Waals surface area contributed by atoms with Crippen molar-refractivity contribution in [3.8, 4) is 0 Å². The van der Waals surface area contributed by atoms with E-state index in [0.717, 1.165) is 12.0 Å². The number of ether oxygens (including phenoxy) is 1. The molecule has 0 aromatic carbocycles. The molecule has 0 fully saturated rings. The van der Waals surface area contributed by atoms with Crippen molar-refractivity contribution in [1.29, 1.82) is 0 Å². The molecule has 0 bridgehead atoms. The predicted molar refractivity (Wildman–Crippen MR) is 30.8 cm³/mol. The normalized spacial score (nSPS) is 8.56. The van der Waals surface area contributed by atoms with E-state index >= 15 is 0 Å². The number of carbonyl (C=O) groups is 1. The van der Waals surface area contributed by atoms with E-state index in [4.69, 9.17) is 0 Å². The maximum absolute atomic E-state index is 9.65. The largest absolute Gasteiger partial charge is 0.545 e. The second-order valence-electron chi connectivity index (χ2n) is 1.64. The van der Waals surface area contributed by atoms with Gasteiger partial charge in [0.05, 0.1) is 0 Å². The zero-order valence-electron chi connectivity index (χ0n) is 5.35. The van der Waals surface area contributed by atoms with Gasteiger partial charge in [0.15, 0.2) is 0 Å². The molecule has 0 saturated heterocycles. The van der Waals surface area contributed by atoms with Gasteiger partial charge in [-0.15, -0.1) is 0 Å². The molecule has 52 valence electrons. The SMILES string of the molecule is C=C(CC)COC(=O)[O-]. The van der Waals surface area contributed by atoms with E-state index in [1.54, 1.807) is 0 Å². The van der Waals surface area contributed by atoms with Gasteiger partial charge in [-0.2, -0.15) is 0 Å². The van der Waals surface area contributed by atoms with E-state index in [2.05, 4.69) is 11.3 Å². The van der Waals surface area contributed by atoms with E-state index in [9.17, 15) is 9.90 Å². The summed E-state index contributed by atoms with van der Waals surface area (Å²) in [5.74, 6) is 0. The summed E-state index contributed by atoms with van der Waals surface area (Å²) >= 11 is 0. The number of carbonyl (C=O) groups excluding carboxylic acids is 1. The highest BCUT2D eigenvalue weighted by atomic mass is 16.7. The molecule has 0 amide bonds. The molecule has 0 heterocycles. The van der Waals surface area contributed by atoms with Crippen molar-refractivity contribution in [2.24, 2.45) is 0 Å². The van der Waals surface area contributed by atoms with Gasteiger partial charge in [0, 0.05) is 6.61 Å². The maximum atomic E-state index is 9.65. The van der Waals surface area contributed by atoms with Crippen molar-refractivity contribution < 1.29 is 14.6 Å². The van der Waals surface area contributed by atoms with Crippen LogP contribution in [0.4, 0.5) is 4.79 Å². The van der Waals surface area contributed by atoms with Crippen LogP contribution in [0.15, 0.2) is 12.2 Å². The summed E-state index contributed by atoms with van der Waals surface area (Å²) in [7, 11) is 0. The van der Waals surface area contributed by atoms with Gasteiger partial charge >= 0.3 is 0 Å². The first-order valence-corrected chi connectivity index (χ1v) is 2.67. The molecule has 0 saturated carbocycles. The summed E-state index contributed by atoms with van der Waals surface area (Å²) in [6, 6.07) is 0. The lowest BCUT2D eigenvalue weighted by molar-refractivity contribution is -0.281. The molecular formula is C6H9O3-. The summed E-state index contributed by atoms with van der Waals surface area (Å²) in [6.07, 6.45) is -0.766. The van der Waals surface area contributed by atoms with Crippen LogP contribution in [-0.4, -0.2) is 12.8 Å². The topological polar surface area (TPSA) is 49.4 Å². The molecule has 3 heteroatoms. The third kappa shape index (κ3) is 4.87. The fourth-order valence-electron chi connectivity index (χ4n) is 0.263. The Morgan fingerprint density at radius 2 is 2.33 bits per heavy atom. The third-order valence-corrected chi connectivity index (χ3v) is 0.894. The highest BCUT2D eigenvalue weighted by Crippen LogP contribution is 1.95.